The molecule has 3 rings (SSSR count). The van der Waals surface area contributed by atoms with Crippen LogP contribution in [0.1, 0.15) is 13.8 Å². The van der Waals surface area contributed by atoms with Crippen molar-refractivity contribution in [1.82, 2.24) is 4.98 Å². The number of nitrogens with two attached hydrogens (primary N) is 1. The molecule has 1 aromatic carbocycles. The molecule has 1 atom stereocenters. The molecule has 1 saturated heterocycles. The maximum absolute atomic E-state index is 6.01. The molecule has 1 unspecified atom stereocenters. The van der Waals surface area contributed by atoms with E-state index in [2.05, 4.69) is 51.8 Å². The van der Waals surface area contributed by atoms with Gasteiger partial charge in [-0.15, -0.1) is 0 Å². The molecule has 0 bridgehead atoms. The van der Waals surface area contributed by atoms with Gasteiger partial charge in [0, 0.05) is 41.1 Å². The number of aromatic nitrogens is 1. The van der Waals surface area contributed by atoms with E-state index in [1.54, 1.807) is 0 Å². The predicted octanol–water partition coefficient (Wildman–Crippen LogP) is 2.94. The normalized spacial score (nSPS) is 21.7. The molecule has 0 radical (unpaired) electrons. The smallest absolute Gasteiger partial charge is 0.136 e. The Morgan fingerprint density at radius 1 is 1.38 bits per heavy atom. The van der Waals surface area contributed by atoms with Crippen LogP contribution < -0.4 is 10.6 Å². The summed E-state index contributed by atoms with van der Waals surface area (Å²) < 4.78 is 7.10. The first-order chi connectivity index (χ1) is 10.00. The lowest BCUT2D eigenvalue weighted by atomic mass is 10.0. The van der Waals surface area contributed by atoms with E-state index in [0.717, 1.165) is 28.8 Å². The van der Waals surface area contributed by atoms with Gasteiger partial charge in [0.25, 0.3) is 0 Å². The van der Waals surface area contributed by atoms with Gasteiger partial charge in [0.05, 0.1) is 11.7 Å². The standard InChI is InChI=1S/C16H20BrN3O/c1-16(2)10-20(9-11(8-18)21-16)15-13-4-3-5-14(17)12(13)6-7-19-15/h3-7,11H,8-10,18H2,1-2H3. The minimum absolute atomic E-state index is 0.0398. The second kappa shape index (κ2) is 5.55. The van der Waals surface area contributed by atoms with Crippen LogP contribution in [0.3, 0.4) is 0 Å². The molecule has 1 aromatic heterocycles. The zero-order chi connectivity index (χ0) is 15.0. The third-order valence-electron chi connectivity index (χ3n) is 3.78. The first kappa shape index (κ1) is 14.8. The fourth-order valence-electron chi connectivity index (χ4n) is 2.99. The average Bonchev–Trinajstić information content (AvgIpc) is 2.45. The Morgan fingerprint density at radius 2 is 2.19 bits per heavy atom. The fraction of sp³-hybridized carbons (Fsp3) is 0.438. The van der Waals surface area contributed by atoms with Crippen LogP contribution in [0.4, 0.5) is 5.82 Å². The third-order valence-corrected chi connectivity index (χ3v) is 4.47. The molecule has 112 valence electrons. The molecule has 0 amide bonds. The Kier molecular flexibility index (Phi) is 3.90. The highest BCUT2D eigenvalue weighted by atomic mass is 79.9. The van der Waals surface area contributed by atoms with E-state index >= 15 is 0 Å². The van der Waals surface area contributed by atoms with Gasteiger partial charge < -0.3 is 15.4 Å². The molecule has 1 aliphatic heterocycles. The van der Waals surface area contributed by atoms with Gasteiger partial charge in [0.1, 0.15) is 5.82 Å². The van der Waals surface area contributed by atoms with Crippen molar-refractivity contribution in [2.24, 2.45) is 5.73 Å². The van der Waals surface area contributed by atoms with E-state index in [4.69, 9.17) is 10.5 Å². The zero-order valence-electron chi connectivity index (χ0n) is 12.3. The molecule has 1 fully saturated rings. The van der Waals surface area contributed by atoms with Crippen molar-refractivity contribution in [3.05, 3.63) is 34.9 Å². The van der Waals surface area contributed by atoms with E-state index in [9.17, 15) is 0 Å². The van der Waals surface area contributed by atoms with Crippen molar-refractivity contribution in [1.29, 1.82) is 0 Å². The van der Waals surface area contributed by atoms with E-state index in [1.807, 2.05) is 18.3 Å². The summed E-state index contributed by atoms with van der Waals surface area (Å²) in [5.41, 5.74) is 5.60. The number of pyridine rings is 1. The number of hydrogen-bond acceptors (Lipinski definition) is 4. The molecular formula is C16H20BrN3O. The first-order valence-corrected chi connectivity index (χ1v) is 7.95. The molecule has 5 heteroatoms. The van der Waals surface area contributed by atoms with Gasteiger partial charge in [-0.2, -0.15) is 0 Å². The van der Waals surface area contributed by atoms with Crippen LogP contribution in [0.2, 0.25) is 0 Å². The number of fused-ring (bicyclic) bond motifs is 1. The van der Waals surface area contributed by atoms with Gasteiger partial charge in [0.15, 0.2) is 0 Å². The van der Waals surface area contributed by atoms with E-state index in [-0.39, 0.29) is 11.7 Å². The Morgan fingerprint density at radius 3 is 2.95 bits per heavy atom. The number of halogens is 1. The van der Waals surface area contributed by atoms with Crippen LogP contribution >= 0.6 is 15.9 Å². The van der Waals surface area contributed by atoms with Gasteiger partial charge in [-0.05, 0) is 26.0 Å². The minimum atomic E-state index is -0.224. The van der Waals surface area contributed by atoms with Gasteiger partial charge in [-0.25, -0.2) is 4.98 Å². The average molecular weight is 350 g/mol. The van der Waals surface area contributed by atoms with Crippen molar-refractivity contribution in [2.75, 3.05) is 24.5 Å². The molecule has 0 spiro atoms. The number of hydrogen-bond donors (Lipinski definition) is 1. The zero-order valence-corrected chi connectivity index (χ0v) is 13.9. The van der Waals surface area contributed by atoms with Crippen LogP contribution in [0.5, 0.6) is 0 Å². The number of ether oxygens (including phenoxy) is 1. The van der Waals surface area contributed by atoms with Crippen LogP contribution in [0.15, 0.2) is 34.9 Å². The molecule has 2 aromatic rings. The lowest BCUT2D eigenvalue weighted by molar-refractivity contribution is -0.0789. The van der Waals surface area contributed by atoms with Crippen LogP contribution in [-0.2, 0) is 4.74 Å². The summed E-state index contributed by atoms with van der Waals surface area (Å²) >= 11 is 3.61. The van der Waals surface area contributed by atoms with Crippen molar-refractivity contribution < 1.29 is 4.74 Å². The largest absolute Gasteiger partial charge is 0.367 e. The number of morpholine rings is 1. The van der Waals surface area contributed by atoms with E-state index < -0.39 is 0 Å². The highest BCUT2D eigenvalue weighted by molar-refractivity contribution is 9.10. The SMILES string of the molecule is CC1(C)CN(c2nccc3c(Br)cccc23)CC(CN)O1. The van der Waals surface area contributed by atoms with Gasteiger partial charge in [-0.1, -0.05) is 28.1 Å². The molecule has 2 N–H and O–H groups in total. The number of benzene rings is 1. The molecule has 2 heterocycles. The molecule has 21 heavy (non-hydrogen) atoms. The summed E-state index contributed by atoms with van der Waals surface area (Å²) in [5.74, 6) is 1.00. The lowest BCUT2D eigenvalue weighted by Crippen LogP contribution is -2.55. The van der Waals surface area contributed by atoms with Crippen molar-refractivity contribution in [3.63, 3.8) is 0 Å². The Hall–Kier alpha value is -1.17. The highest BCUT2D eigenvalue weighted by Crippen LogP contribution is 2.32. The Bertz CT molecular complexity index is 659. The van der Waals surface area contributed by atoms with Crippen molar-refractivity contribution in [3.8, 4) is 0 Å². The molecule has 0 saturated carbocycles. The summed E-state index contributed by atoms with van der Waals surface area (Å²) in [7, 11) is 0. The fourth-order valence-corrected chi connectivity index (χ4v) is 3.48. The maximum Gasteiger partial charge on any atom is 0.136 e. The summed E-state index contributed by atoms with van der Waals surface area (Å²) in [5, 5.41) is 2.33. The monoisotopic (exact) mass is 349 g/mol. The third kappa shape index (κ3) is 2.91. The van der Waals surface area contributed by atoms with Gasteiger partial charge in [0.2, 0.25) is 0 Å². The molecule has 4 nitrogen and oxygen atoms in total. The predicted molar refractivity (Wildman–Crippen MR) is 89.7 cm³/mol. The number of nitrogens with zero attached hydrogens (tertiary/aromatic N) is 2. The van der Waals surface area contributed by atoms with E-state index in [1.165, 1.54) is 5.39 Å². The summed E-state index contributed by atoms with van der Waals surface area (Å²) in [4.78, 5) is 6.90. The Balaban J connectivity index is 2.05. The number of anilines is 1. The first-order valence-electron chi connectivity index (χ1n) is 7.16. The van der Waals surface area contributed by atoms with Crippen LogP contribution in [0, 0.1) is 0 Å². The Labute approximate surface area is 133 Å². The van der Waals surface area contributed by atoms with Crippen molar-refractivity contribution in [2.45, 2.75) is 25.6 Å². The number of rotatable bonds is 2. The maximum atomic E-state index is 6.01. The van der Waals surface area contributed by atoms with Crippen LogP contribution in [0.25, 0.3) is 10.8 Å². The van der Waals surface area contributed by atoms with Crippen LogP contribution in [-0.4, -0.2) is 36.3 Å². The molecule has 1 aliphatic rings. The molecule has 0 aliphatic carbocycles. The summed E-state index contributed by atoms with van der Waals surface area (Å²) in [6, 6.07) is 8.25. The second-order valence-electron chi connectivity index (χ2n) is 6.09. The minimum Gasteiger partial charge on any atom is -0.367 e. The second-order valence-corrected chi connectivity index (χ2v) is 6.94. The van der Waals surface area contributed by atoms with Crippen molar-refractivity contribution >= 4 is 32.5 Å². The lowest BCUT2D eigenvalue weighted by Gasteiger charge is -2.43. The van der Waals surface area contributed by atoms with E-state index in [0.29, 0.717) is 6.54 Å². The summed E-state index contributed by atoms with van der Waals surface area (Å²) in [6.45, 7) is 6.31. The van der Waals surface area contributed by atoms with Gasteiger partial charge >= 0.3 is 0 Å². The summed E-state index contributed by atoms with van der Waals surface area (Å²) in [6.07, 6.45) is 1.90. The van der Waals surface area contributed by atoms with Gasteiger partial charge in [-0.3, -0.25) is 0 Å². The quantitative estimate of drug-likeness (QED) is 0.905. The topological polar surface area (TPSA) is 51.4 Å². The highest BCUT2D eigenvalue weighted by Gasteiger charge is 2.33. The molecular weight excluding hydrogens is 330 g/mol.